The van der Waals surface area contributed by atoms with Crippen LogP contribution in [0.25, 0.3) is 0 Å². The van der Waals surface area contributed by atoms with Crippen LogP contribution in [0.1, 0.15) is 17.0 Å². The fourth-order valence-corrected chi connectivity index (χ4v) is 1.30. The lowest BCUT2D eigenvalue weighted by Crippen LogP contribution is -2.02. The minimum atomic E-state index is -0.209. The highest BCUT2D eigenvalue weighted by Gasteiger charge is 2.06. The molecule has 0 aliphatic carbocycles. The summed E-state index contributed by atoms with van der Waals surface area (Å²) in [6.45, 7) is 6.27. The molecule has 1 atom stereocenters. The van der Waals surface area contributed by atoms with Crippen LogP contribution in [0.5, 0.6) is 0 Å². The Morgan fingerprint density at radius 3 is 2.69 bits per heavy atom. The molecule has 0 N–H and O–H groups in total. The summed E-state index contributed by atoms with van der Waals surface area (Å²) in [5.41, 5.74) is 1.80. The maximum absolute atomic E-state index is 13.0. The van der Waals surface area contributed by atoms with Crippen molar-refractivity contribution >= 4 is 0 Å². The number of rotatable bonds is 3. The van der Waals surface area contributed by atoms with Crippen molar-refractivity contribution in [2.45, 2.75) is 12.8 Å². The van der Waals surface area contributed by atoms with E-state index in [9.17, 15) is 4.39 Å². The Hall–Kier alpha value is -0.890. The van der Waals surface area contributed by atoms with Crippen LogP contribution in [-0.4, -0.2) is 13.7 Å². The number of methoxy groups -OCH3 is 1. The molecule has 0 heterocycles. The first-order valence-electron chi connectivity index (χ1n) is 4.22. The molecule has 0 amide bonds. The predicted octanol–water partition coefficient (Wildman–Crippen LogP) is 2.70. The third kappa shape index (κ3) is 2.81. The second-order valence-electron chi connectivity index (χ2n) is 3.21. The third-order valence-electron chi connectivity index (χ3n) is 1.90. The minimum absolute atomic E-state index is 0.000556. The minimum Gasteiger partial charge on any atom is -0.384 e. The van der Waals surface area contributed by atoms with Gasteiger partial charge in [0.15, 0.2) is 0 Å². The molecule has 1 unspecified atom stereocenters. The summed E-state index contributed by atoms with van der Waals surface area (Å²) in [5.74, 6) is -0.209. The molecular weight excluding hydrogens is 167 g/mol. The molecule has 1 nitrogen and oxygen atoms in total. The van der Waals surface area contributed by atoms with Crippen LogP contribution in [-0.2, 0) is 4.74 Å². The van der Waals surface area contributed by atoms with E-state index in [0.717, 1.165) is 11.1 Å². The summed E-state index contributed by atoms with van der Waals surface area (Å²) in [5, 5.41) is 0. The summed E-state index contributed by atoms with van der Waals surface area (Å²) < 4.78 is 17.9. The van der Waals surface area contributed by atoms with Crippen LogP contribution in [0.15, 0.2) is 18.2 Å². The molecule has 0 aliphatic rings. The summed E-state index contributed by atoms with van der Waals surface area (Å²) in [4.78, 5) is 0. The lowest BCUT2D eigenvalue weighted by Gasteiger charge is -2.11. The van der Waals surface area contributed by atoms with Gasteiger partial charge in [0.25, 0.3) is 0 Å². The Labute approximate surface area is 78.5 Å². The highest BCUT2D eigenvalue weighted by molar-refractivity contribution is 5.27. The van der Waals surface area contributed by atoms with Crippen molar-refractivity contribution in [3.8, 4) is 0 Å². The Morgan fingerprint density at radius 1 is 1.46 bits per heavy atom. The van der Waals surface area contributed by atoms with E-state index in [0.29, 0.717) is 6.61 Å². The molecule has 0 aliphatic heterocycles. The molecule has 1 radical (unpaired) electrons. The fourth-order valence-electron chi connectivity index (χ4n) is 1.30. The van der Waals surface area contributed by atoms with E-state index in [1.54, 1.807) is 7.11 Å². The number of ether oxygens (including phenoxy) is 1. The van der Waals surface area contributed by atoms with Gasteiger partial charge in [-0.05, 0) is 37.1 Å². The predicted molar refractivity (Wildman–Crippen MR) is 51.1 cm³/mol. The Morgan fingerprint density at radius 2 is 2.15 bits per heavy atom. The second-order valence-corrected chi connectivity index (χ2v) is 3.21. The molecule has 0 aromatic heterocycles. The van der Waals surface area contributed by atoms with E-state index in [1.165, 1.54) is 12.1 Å². The van der Waals surface area contributed by atoms with E-state index < -0.39 is 0 Å². The SMILES string of the molecule is [CH2]C(COC)c1cc(C)cc(F)c1. The smallest absolute Gasteiger partial charge is 0.123 e. The zero-order valence-electron chi connectivity index (χ0n) is 8.01. The number of aryl methyl sites for hydroxylation is 1. The standard InChI is InChI=1S/C11H14FO/c1-8-4-10(6-11(12)5-8)9(2)7-13-3/h4-6,9H,2,7H2,1,3H3. The van der Waals surface area contributed by atoms with Gasteiger partial charge < -0.3 is 4.74 Å². The molecule has 1 rings (SSSR count). The van der Waals surface area contributed by atoms with Crippen molar-refractivity contribution in [3.63, 3.8) is 0 Å². The highest BCUT2D eigenvalue weighted by atomic mass is 19.1. The highest BCUT2D eigenvalue weighted by Crippen LogP contribution is 2.17. The number of halogens is 1. The van der Waals surface area contributed by atoms with Crippen LogP contribution in [0.4, 0.5) is 4.39 Å². The summed E-state index contributed by atoms with van der Waals surface area (Å²) in [7, 11) is 1.62. The van der Waals surface area contributed by atoms with Crippen molar-refractivity contribution in [2.24, 2.45) is 0 Å². The Bertz CT molecular complexity index is 263. The van der Waals surface area contributed by atoms with Gasteiger partial charge in [0.05, 0.1) is 6.61 Å². The van der Waals surface area contributed by atoms with Crippen LogP contribution < -0.4 is 0 Å². The van der Waals surface area contributed by atoms with Gasteiger partial charge in [0.1, 0.15) is 5.82 Å². The first-order chi connectivity index (χ1) is 6.13. The number of benzene rings is 1. The molecule has 0 saturated heterocycles. The van der Waals surface area contributed by atoms with Crippen molar-refractivity contribution in [3.05, 3.63) is 42.1 Å². The largest absolute Gasteiger partial charge is 0.384 e. The van der Waals surface area contributed by atoms with E-state index in [1.807, 2.05) is 13.0 Å². The van der Waals surface area contributed by atoms with E-state index in [-0.39, 0.29) is 11.7 Å². The second kappa shape index (κ2) is 4.38. The maximum Gasteiger partial charge on any atom is 0.123 e. The fraction of sp³-hybridized carbons (Fsp3) is 0.364. The number of hydrogen-bond donors (Lipinski definition) is 0. The van der Waals surface area contributed by atoms with Crippen molar-refractivity contribution in [2.75, 3.05) is 13.7 Å². The van der Waals surface area contributed by atoms with Crippen molar-refractivity contribution in [1.82, 2.24) is 0 Å². The third-order valence-corrected chi connectivity index (χ3v) is 1.90. The van der Waals surface area contributed by atoms with Gasteiger partial charge in [-0.25, -0.2) is 4.39 Å². The van der Waals surface area contributed by atoms with Crippen molar-refractivity contribution in [1.29, 1.82) is 0 Å². The van der Waals surface area contributed by atoms with Gasteiger partial charge in [-0.2, -0.15) is 0 Å². The zero-order chi connectivity index (χ0) is 9.84. The van der Waals surface area contributed by atoms with E-state index in [2.05, 4.69) is 6.92 Å². The van der Waals surface area contributed by atoms with Gasteiger partial charge in [-0.3, -0.25) is 0 Å². The monoisotopic (exact) mass is 181 g/mol. The molecule has 1 aromatic rings. The molecule has 0 spiro atoms. The average Bonchev–Trinajstić information content (AvgIpc) is 2.03. The van der Waals surface area contributed by atoms with Crippen molar-refractivity contribution < 1.29 is 9.13 Å². The molecule has 0 bridgehead atoms. The van der Waals surface area contributed by atoms with Gasteiger partial charge in [-0.15, -0.1) is 0 Å². The topological polar surface area (TPSA) is 9.23 Å². The van der Waals surface area contributed by atoms with Gasteiger partial charge in [0.2, 0.25) is 0 Å². The first-order valence-corrected chi connectivity index (χ1v) is 4.22. The molecule has 13 heavy (non-hydrogen) atoms. The van der Waals surface area contributed by atoms with Gasteiger partial charge in [-0.1, -0.05) is 6.07 Å². The summed E-state index contributed by atoms with van der Waals surface area (Å²) >= 11 is 0. The Balaban J connectivity index is 2.87. The maximum atomic E-state index is 13.0. The van der Waals surface area contributed by atoms with Gasteiger partial charge >= 0.3 is 0 Å². The zero-order valence-corrected chi connectivity index (χ0v) is 8.01. The molecular formula is C11H14FO. The van der Waals surface area contributed by atoms with Crippen LogP contribution >= 0.6 is 0 Å². The lowest BCUT2D eigenvalue weighted by atomic mass is 10.00. The Kier molecular flexibility index (Phi) is 3.43. The lowest BCUT2D eigenvalue weighted by molar-refractivity contribution is 0.190. The first kappa shape index (κ1) is 10.2. The molecule has 1 aromatic carbocycles. The summed E-state index contributed by atoms with van der Waals surface area (Å²) in [6.07, 6.45) is 0. The van der Waals surface area contributed by atoms with Gasteiger partial charge in [0, 0.05) is 13.0 Å². The van der Waals surface area contributed by atoms with E-state index in [4.69, 9.17) is 4.74 Å². The summed E-state index contributed by atoms with van der Waals surface area (Å²) in [6, 6.07) is 4.94. The van der Waals surface area contributed by atoms with Crippen LogP contribution in [0.3, 0.4) is 0 Å². The normalized spacial score (nSPS) is 12.9. The average molecular weight is 181 g/mol. The molecule has 0 fully saturated rings. The quantitative estimate of drug-likeness (QED) is 0.696. The van der Waals surface area contributed by atoms with E-state index >= 15 is 0 Å². The molecule has 71 valence electrons. The number of hydrogen-bond acceptors (Lipinski definition) is 1. The van der Waals surface area contributed by atoms with Crippen LogP contribution in [0.2, 0.25) is 0 Å². The molecule has 0 saturated carbocycles. The van der Waals surface area contributed by atoms with Crippen LogP contribution in [0, 0.1) is 19.7 Å². The molecule has 2 heteroatoms.